The molecular weight excluding hydrogens is 428 g/mol. The second-order valence-corrected chi connectivity index (χ2v) is 7.16. The number of alkyl carbamates (subject to hydrolysis) is 1. The third-order valence-corrected chi connectivity index (χ3v) is 4.69. The van der Waals surface area contributed by atoms with Gasteiger partial charge in [0.05, 0.1) is 4.92 Å². The Labute approximate surface area is 189 Å². The van der Waals surface area contributed by atoms with Crippen LogP contribution in [0.5, 0.6) is 5.75 Å². The van der Waals surface area contributed by atoms with E-state index in [-0.39, 0.29) is 31.1 Å². The van der Waals surface area contributed by atoms with Crippen molar-refractivity contribution in [3.05, 3.63) is 106 Å². The zero-order valence-corrected chi connectivity index (χ0v) is 17.5. The highest BCUT2D eigenvalue weighted by Gasteiger charge is 2.24. The Bertz CT molecular complexity index is 1080. The van der Waals surface area contributed by atoms with Crippen molar-refractivity contribution < 1.29 is 29.1 Å². The molecule has 0 aliphatic rings. The quantitative estimate of drug-likeness (QED) is 0.288. The Morgan fingerprint density at radius 1 is 0.848 bits per heavy atom. The number of hydrogen-bond donors (Lipinski definition) is 2. The van der Waals surface area contributed by atoms with Gasteiger partial charge in [0.1, 0.15) is 25.0 Å². The normalized spacial score (nSPS) is 11.3. The van der Waals surface area contributed by atoms with Crippen molar-refractivity contribution in [3.63, 3.8) is 0 Å². The van der Waals surface area contributed by atoms with Gasteiger partial charge >= 0.3 is 12.1 Å². The second-order valence-electron chi connectivity index (χ2n) is 7.16. The van der Waals surface area contributed by atoms with Gasteiger partial charge in [0.25, 0.3) is 5.69 Å². The van der Waals surface area contributed by atoms with Crippen LogP contribution in [0.15, 0.2) is 78.9 Å². The van der Waals surface area contributed by atoms with Crippen LogP contribution in [0.25, 0.3) is 0 Å². The third-order valence-electron chi connectivity index (χ3n) is 4.69. The molecule has 0 aliphatic heterocycles. The summed E-state index contributed by atoms with van der Waals surface area (Å²) in [5, 5.41) is 22.7. The first kappa shape index (κ1) is 23.3. The van der Waals surface area contributed by atoms with E-state index in [1.807, 2.05) is 18.2 Å². The van der Waals surface area contributed by atoms with E-state index in [0.717, 1.165) is 5.56 Å². The molecule has 3 aromatic rings. The lowest BCUT2D eigenvalue weighted by Gasteiger charge is -2.18. The number of nitrogens with one attached hydrogen (secondary N) is 1. The van der Waals surface area contributed by atoms with Gasteiger partial charge in [-0.25, -0.2) is 9.59 Å². The molecule has 2 N–H and O–H groups in total. The van der Waals surface area contributed by atoms with E-state index in [2.05, 4.69) is 5.32 Å². The summed E-state index contributed by atoms with van der Waals surface area (Å²) >= 11 is 0. The maximum atomic E-state index is 12.7. The fourth-order valence-corrected chi connectivity index (χ4v) is 2.94. The topological polar surface area (TPSA) is 128 Å². The number of phenols is 1. The maximum absolute atomic E-state index is 12.7. The predicted molar refractivity (Wildman–Crippen MR) is 118 cm³/mol. The van der Waals surface area contributed by atoms with Gasteiger partial charge in [-0.2, -0.15) is 0 Å². The Balaban J connectivity index is 1.63. The molecule has 1 atom stereocenters. The average molecular weight is 450 g/mol. The molecule has 0 saturated heterocycles. The molecule has 0 fully saturated rings. The molecule has 0 spiro atoms. The highest BCUT2D eigenvalue weighted by molar-refractivity contribution is 5.81. The van der Waals surface area contributed by atoms with Crippen molar-refractivity contribution in [2.75, 3.05) is 0 Å². The highest BCUT2D eigenvalue weighted by Crippen LogP contribution is 2.15. The summed E-state index contributed by atoms with van der Waals surface area (Å²) in [5.74, 6) is -0.621. The first-order valence-electron chi connectivity index (χ1n) is 10.1. The van der Waals surface area contributed by atoms with Gasteiger partial charge in [0, 0.05) is 18.6 Å². The number of esters is 1. The lowest BCUT2D eigenvalue weighted by Crippen LogP contribution is -2.43. The molecule has 3 aromatic carbocycles. The van der Waals surface area contributed by atoms with E-state index >= 15 is 0 Å². The summed E-state index contributed by atoms with van der Waals surface area (Å²) in [6, 6.07) is 19.9. The molecule has 9 nitrogen and oxygen atoms in total. The van der Waals surface area contributed by atoms with Crippen LogP contribution in [0.1, 0.15) is 16.7 Å². The summed E-state index contributed by atoms with van der Waals surface area (Å²) in [7, 11) is 0. The van der Waals surface area contributed by atoms with Crippen molar-refractivity contribution in [3.8, 4) is 5.75 Å². The van der Waals surface area contributed by atoms with Gasteiger partial charge in [0.15, 0.2) is 0 Å². The van der Waals surface area contributed by atoms with E-state index in [1.54, 1.807) is 24.3 Å². The van der Waals surface area contributed by atoms with Crippen LogP contribution in [0.3, 0.4) is 0 Å². The Hall–Kier alpha value is -4.40. The lowest BCUT2D eigenvalue weighted by atomic mass is 10.1. The number of nitro groups is 1. The monoisotopic (exact) mass is 450 g/mol. The van der Waals surface area contributed by atoms with Gasteiger partial charge in [-0.3, -0.25) is 10.1 Å². The number of rotatable bonds is 9. The van der Waals surface area contributed by atoms with Gasteiger partial charge in [-0.15, -0.1) is 0 Å². The van der Waals surface area contributed by atoms with E-state index in [4.69, 9.17) is 9.47 Å². The molecule has 3 rings (SSSR count). The first-order chi connectivity index (χ1) is 15.9. The molecule has 1 amide bonds. The van der Waals surface area contributed by atoms with Crippen molar-refractivity contribution in [2.24, 2.45) is 0 Å². The number of amides is 1. The zero-order valence-electron chi connectivity index (χ0n) is 17.5. The van der Waals surface area contributed by atoms with Crippen LogP contribution in [0, 0.1) is 10.1 Å². The molecule has 0 radical (unpaired) electrons. The van der Waals surface area contributed by atoms with Gasteiger partial charge in [0.2, 0.25) is 0 Å². The highest BCUT2D eigenvalue weighted by atomic mass is 16.6. The average Bonchev–Trinajstić information content (AvgIpc) is 2.83. The number of carbonyl (C=O) groups is 2. The number of hydrogen-bond acceptors (Lipinski definition) is 7. The number of carbonyl (C=O) groups excluding carboxylic acids is 2. The van der Waals surface area contributed by atoms with Gasteiger partial charge in [-0.1, -0.05) is 42.5 Å². The number of phenolic OH excluding ortho intramolecular Hbond substituents is 1. The van der Waals surface area contributed by atoms with Crippen LogP contribution in [-0.2, 0) is 33.9 Å². The minimum atomic E-state index is -1.05. The van der Waals surface area contributed by atoms with Gasteiger partial charge < -0.3 is 19.9 Å². The number of non-ortho nitro benzene ring substituents is 1. The molecule has 0 saturated carbocycles. The van der Waals surface area contributed by atoms with Gasteiger partial charge in [-0.05, 0) is 41.0 Å². The summed E-state index contributed by atoms with van der Waals surface area (Å²) in [4.78, 5) is 35.3. The zero-order chi connectivity index (χ0) is 23.6. The Morgan fingerprint density at radius 3 is 2.06 bits per heavy atom. The van der Waals surface area contributed by atoms with Crippen LogP contribution in [-0.4, -0.2) is 28.1 Å². The molecule has 0 unspecified atom stereocenters. The summed E-state index contributed by atoms with van der Waals surface area (Å²) in [6.45, 7) is -0.0832. The van der Waals surface area contributed by atoms with Crippen molar-refractivity contribution >= 4 is 17.7 Å². The van der Waals surface area contributed by atoms with Crippen LogP contribution >= 0.6 is 0 Å². The first-order valence-corrected chi connectivity index (χ1v) is 10.1. The minimum Gasteiger partial charge on any atom is -0.508 e. The SMILES string of the molecule is O=C(N[C@H](Cc1ccc(O)cc1)C(=O)OCc1ccc([N+](=O)[O-])cc1)OCc1ccccc1. The molecule has 0 aromatic heterocycles. The largest absolute Gasteiger partial charge is 0.508 e. The molecule has 170 valence electrons. The molecule has 9 heteroatoms. The van der Waals surface area contributed by atoms with E-state index < -0.39 is 23.0 Å². The van der Waals surface area contributed by atoms with E-state index in [0.29, 0.717) is 11.1 Å². The molecule has 33 heavy (non-hydrogen) atoms. The number of benzene rings is 3. The summed E-state index contributed by atoms with van der Waals surface area (Å²) in [5.41, 5.74) is 1.97. The van der Waals surface area contributed by atoms with E-state index in [1.165, 1.54) is 36.4 Å². The molecule has 0 heterocycles. The second kappa shape index (κ2) is 11.3. The maximum Gasteiger partial charge on any atom is 0.408 e. The van der Waals surface area contributed by atoms with Crippen molar-refractivity contribution in [1.82, 2.24) is 5.32 Å². The van der Waals surface area contributed by atoms with E-state index in [9.17, 15) is 24.8 Å². The number of aromatic hydroxyl groups is 1. The Kier molecular flexibility index (Phi) is 7.96. The third kappa shape index (κ3) is 7.35. The fraction of sp³-hybridized carbons (Fsp3) is 0.167. The van der Waals surface area contributed by atoms with Crippen LogP contribution in [0.2, 0.25) is 0 Å². The lowest BCUT2D eigenvalue weighted by molar-refractivity contribution is -0.384. The van der Waals surface area contributed by atoms with Crippen molar-refractivity contribution in [1.29, 1.82) is 0 Å². The Morgan fingerprint density at radius 2 is 1.42 bits per heavy atom. The smallest absolute Gasteiger partial charge is 0.408 e. The standard InChI is InChI=1S/C24H22N2O7/c27-21-12-8-17(9-13-21)14-22(25-24(29)33-16-18-4-2-1-3-5-18)23(28)32-15-19-6-10-20(11-7-19)26(30)31/h1-13,22,27H,14-16H2,(H,25,29)/t22-/m1/s1. The molecular formula is C24H22N2O7. The summed E-state index contributed by atoms with van der Waals surface area (Å²) in [6.07, 6.45) is -0.672. The number of nitro benzene ring substituents is 1. The minimum absolute atomic E-state index is 0.0381. The van der Waals surface area contributed by atoms with Crippen LogP contribution in [0.4, 0.5) is 10.5 Å². The number of nitrogens with zero attached hydrogens (tertiary/aromatic N) is 1. The molecule has 0 bridgehead atoms. The fourth-order valence-electron chi connectivity index (χ4n) is 2.94. The summed E-state index contributed by atoms with van der Waals surface area (Å²) < 4.78 is 10.5. The van der Waals surface area contributed by atoms with Crippen molar-refractivity contribution in [2.45, 2.75) is 25.7 Å². The predicted octanol–water partition coefficient (Wildman–Crippen LogP) is 3.88. The molecule has 0 aliphatic carbocycles. The van der Waals surface area contributed by atoms with Crippen LogP contribution < -0.4 is 5.32 Å². The number of ether oxygens (including phenoxy) is 2.